The molecular weight excluding hydrogens is 272 g/mol. The van der Waals surface area contributed by atoms with E-state index in [0.29, 0.717) is 11.3 Å². The van der Waals surface area contributed by atoms with Crippen molar-refractivity contribution in [2.45, 2.75) is 12.3 Å². The van der Waals surface area contributed by atoms with Gasteiger partial charge in [-0.15, -0.1) is 0 Å². The van der Waals surface area contributed by atoms with Gasteiger partial charge in [0.2, 0.25) is 0 Å². The van der Waals surface area contributed by atoms with E-state index in [1.807, 2.05) is 0 Å². The summed E-state index contributed by atoms with van der Waals surface area (Å²) in [6.07, 6.45) is 0.247. The maximum atomic E-state index is 11.4. The summed E-state index contributed by atoms with van der Waals surface area (Å²) in [4.78, 5) is 21.6. The lowest BCUT2D eigenvalue weighted by Crippen LogP contribution is -2.14. The average Bonchev–Trinajstić information content (AvgIpc) is 2.45. The highest BCUT2D eigenvalue weighted by atomic mass is 16.6. The third-order valence-electron chi connectivity index (χ3n) is 3.20. The number of carboxylic acids is 1. The molecule has 0 saturated carbocycles. The molecule has 0 amide bonds. The molecule has 0 aliphatic rings. The summed E-state index contributed by atoms with van der Waals surface area (Å²) >= 11 is 0. The summed E-state index contributed by atoms with van der Waals surface area (Å²) < 4.78 is 0. The summed E-state index contributed by atoms with van der Waals surface area (Å²) in [5.74, 6) is -1.70. The minimum atomic E-state index is -0.959. The van der Waals surface area contributed by atoms with E-state index < -0.39 is 16.8 Å². The molecular formula is C15H14N2O4. The molecule has 0 bridgehead atoms. The van der Waals surface area contributed by atoms with E-state index in [1.54, 1.807) is 36.4 Å². The molecule has 1 unspecified atom stereocenters. The van der Waals surface area contributed by atoms with Gasteiger partial charge in [-0.1, -0.05) is 24.3 Å². The number of nitro benzene ring substituents is 1. The number of nitrogen functional groups attached to an aromatic ring is 1. The van der Waals surface area contributed by atoms with Crippen molar-refractivity contribution in [3.05, 3.63) is 69.8 Å². The Morgan fingerprint density at radius 1 is 1.24 bits per heavy atom. The smallest absolute Gasteiger partial charge is 0.311 e. The van der Waals surface area contributed by atoms with Gasteiger partial charge in [0.25, 0.3) is 5.69 Å². The zero-order chi connectivity index (χ0) is 15.4. The van der Waals surface area contributed by atoms with Gasteiger partial charge in [0, 0.05) is 17.8 Å². The number of non-ortho nitro benzene ring substituents is 1. The number of hydrogen-bond acceptors (Lipinski definition) is 4. The number of nitro groups is 1. The molecule has 0 saturated heterocycles. The molecule has 6 heteroatoms. The van der Waals surface area contributed by atoms with Gasteiger partial charge >= 0.3 is 5.97 Å². The Kier molecular flexibility index (Phi) is 4.18. The fraction of sp³-hybridized carbons (Fsp3) is 0.133. The Morgan fingerprint density at radius 3 is 2.43 bits per heavy atom. The minimum Gasteiger partial charge on any atom is -0.481 e. The first-order valence-electron chi connectivity index (χ1n) is 6.29. The van der Waals surface area contributed by atoms with E-state index in [2.05, 4.69) is 0 Å². The number of anilines is 1. The highest BCUT2D eigenvalue weighted by Gasteiger charge is 2.20. The number of hydrogen-bond donors (Lipinski definition) is 2. The van der Waals surface area contributed by atoms with Crippen molar-refractivity contribution in [1.82, 2.24) is 0 Å². The highest BCUT2D eigenvalue weighted by molar-refractivity contribution is 5.77. The average molecular weight is 286 g/mol. The fourth-order valence-corrected chi connectivity index (χ4v) is 2.11. The van der Waals surface area contributed by atoms with Crippen LogP contribution in [0.2, 0.25) is 0 Å². The maximum Gasteiger partial charge on any atom is 0.311 e. The lowest BCUT2D eigenvalue weighted by molar-refractivity contribution is -0.384. The molecule has 1 atom stereocenters. The molecule has 21 heavy (non-hydrogen) atoms. The van der Waals surface area contributed by atoms with Crippen LogP contribution < -0.4 is 5.73 Å². The molecule has 3 N–H and O–H groups in total. The molecule has 0 heterocycles. The second-order valence-electron chi connectivity index (χ2n) is 4.69. The molecule has 0 aliphatic heterocycles. The second-order valence-corrected chi connectivity index (χ2v) is 4.69. The third kappa shape index (κ3) is 3.56. The molecule has 108 valence electrons. The summed E-state index contributed by atoms with van der Waals surface area (Å²) in [6, 6.07) is 12.6. The van der Waals surface area contributed by atoms with Crippen LogP contribution >= 0.6 is 0 Å². The minimum absolute atomic E-state index is 0.0189. The topological polar surface area (TPSA) is 106 Å². The zero-order valence-corrected chi connectivity index (χ0v) is 11.1. The third-order valence-corrected chi connectivity index (χ3v) is 3.20. The molecule has 2 rings (SSSR count). The number of aliphatic carboxylic acids is 1. The molecule has 0 aromatic heterocycles. The number of rotatable bonds is 5. The molecule has 2 aromatic carbocycles. The van der Waals surface area contributed by atoms with Gasteiger partial charge in [-0.25, -0.2) is 0 Å². The van der Waals surface area contributed by atoms with E-state index in [9.17, 15) is 20.0 Å². The Labute approximate surface area is 121 Å². The molecule has 6 nitrogen and oxygen atoms in total. The zero-order valence-electron chi connectivity index (χ0n) is 11.1. The standard InChI is InChI=1S/C15H14N2O4/c16-12-3-1-2-11(9-12)14(15(18)19)8-10-4-6-13(7-5-10)17(20)21/h1-7,9,14H,8,16H2,(H,18,19). The van der Waals surface area contributed by atoms with Gasteiger partial charge in [0.15, 0.2) is 0 Å². The van der Waals surface area contributed by atoms with Crippen molar-refractivity contribution in [3.63, 3.8) is 0 Å². The molecule has 0 fully saturated rings. The van der Waals surface area contributed by atoms with Crippen LogP contribution in [0.5, 0.6) is 0 Å². The normalized spacial score (nSPS) is 11.8. The van der Waals surface area contributed by atoms with Crippen molar-refractivity contribution >= 4 is 17.3 Å². The van der Waals surface area contributed by atoms with Crippen molar-refractivity contribution in [2.75, 3.05) is 5.73 Å². The number of benzene rings is 2. The largest absolute Gasteiger partial charge is 0.481 e. The van der Waals surface area contributed by atoms with Gasteiger partial charge in [-0.2, -0.15) is 0 Å². The first-order valence-corrected chi connectivity index (χ1v) is 6.29. The quantitative estimate of drug-likeness (QED) is 0.499. The van der Waals surface area contributed by atoms with Crippen LogP contribution in [0.4, 0.5) is 11.4 Å². The van der Waals surface area contributed by atoms with E-state index >= 15 is 0 Å². The van der Waals surface area contributed by atoms with Crippen molar-refractivity contribution in [3.8, 4) is 0 Å². The van der Waals surface area contributed by atoms with Crippen molar-refractivity contribution < 1.29 is 14.8 Å². The van der Waals surface area contributed by atoms with Crippen LogP contribution in [-0.4, -0.2) is 16.0 Å². The van der Waals surface area contributed by atoms with E-state index in [0.717, 1.165) is 5.56 Å². The first-order chi connectivity index (χ1) is 9.97. The van der Waals surface area contributed by atoms with Gasteiger partial charge in [0.05, 0.1) is 10.8 Å². The van der Waals surface area contributed by atoms with Crippen LogP contribution in [0.1, 0.15) is 17.0 Å². The van der Waals surface area contributed by atoms with Gasteiger partial charge in [-0.3, -0.25) is 14.9 Å². The van der Waals surface area contributed by atoms with Gasteiger partial charge in [0.1, 0.15) is 0 Å². The first kappa shape index (κ1) is 14.5. The lowest BCUT2D eigenvalue weighted by Gasteiger charge is -2.13. The molecule has 0 aliphatic carbocycles. The summed E-state index contributed by atoms with van der Waals surface area (Å²) in [6.45, 7) is 0. The highest BCUT2D eigenvalue weighted by Crippen LogP contribution is 2.24. The summed E-state index contributed by atoms with van der Waals surface area (Å²) in [7, 11) is 0. The van der Waals surface area contributed by atoms with Crippen LogP contribution in [0.25, 0.3) is 0 Å². The predicted molar refractivity (Wildman–Crippen MR) is 78.0 cm³/mol. The lowest BCUT2D eigenvalue weighted by atomic mass is 9.92. The van der Waals surface area contributed by atoms with E-state index in [-0.39, 0.29) is 12.1 Å². The van der Waals surface area contributed by atoms with Gasteiger partial charge in [-0.05, 0) is 29.7 Å². The van der Waals surface area contributed by atoms with Gasteiger partial charge < -0.3 is 10.8 Å². The molecule has 2 aromatic rings. The monoisotopic (exact) mass is 286 g/mol. The molecule has 0 radical (unpaired) electrons. The van der Waals surface area contributed by atoms with Crippen LogP contribution in [0.15, 0.2) is 48.5 Å². The maximum absolute atomic E-state index is 11.4. The Hall–Kier alpha value is -2.89. The number of carbonyl (C=O) groups is 1. The Morgan fingerprint density at radius 2 is 1.90 bits per heavy atom. The van der Waals surface area contributed by atoms with Crippen molar-refractivity contribution in [1.29, 1.82) is 0 Å². The predicted octanol–water partition coefficient (Wildman–Crippen LogP) is 2.59. The Bertz CT molecular complexity index is 668. The van der Waals surface area contributed by atoms with E-state index in [4.69, 9.17) is 5.73 Å². The van der Waals surface area contributed by atoms with E-state index in [1.165, 1.54) is 12.1 Å². The number of nitrogens with two attached hydrogens (primary N) is 1. The molecule has 0 spiro atoms. The fourth-order valence-electron chi connectivity index (χ4n) is 2.11. The SMILES string of the molecule is Nc1cccc(C(Cc2ccc([N+](=O)[O-])cc2)C(=O)O)c1. The Balaban J connectivity index is 2.24. The second kappa shape index (κ2) is 6.04. The number of nitrogens with zero attached hydrogens (tertiary/aromatic N) is 1. The van der Waals surface area contributed by atoms with Crippen LogP contribution in [0, 0.1) is 10.1 Å². The van der Waals surface area contributed by atoms with Crippen molar-refractivity contribution in [2.24, 2.45) is 0 Å². The van der Waals surface area contributed by atoms with Crippen LogP contribution in [0.3, 0.4) is 0 Å². The van der Waals surface area contributed by atoms with Crippen LogP contribution in [-0.2, 0) is 11.2 Å². The number of carboxylic acid groups (broad SMARTS) is 1. The summed E-state index contributed by atoms with van der Waals surface area (Å²) in [5.41, 5.74) is 7.49. The summed E-state index contributed by atoms with van der Waals surface area (Å²) in [5, 5.41) is 20.0.